The molecule has 11 aromatic rings. The van der Waals surface area contributed by atoms with Crippen LogP contribution in [-0.2, 0) is 6.42 Å². The molecule has 3 aromatic heterocycles. The Morgan fingerprint density at radius 1 is 0.478 bits per heavy atom. The van der Waals surface area contributed by atoms with Crippen molar-refractivity contribution in [1.29, 1.82) is 0 Å². The smallest absolute Gasteiger partial charge is 0.0709 e. The van der Waals surface area contributed by atoms with Gasteiger partial charge in [0, 0.05) is 49.8 Å². The molecule has 0 saturated carbocycles. The van der Waals surface area contributed by atoms with Crippen molar-refractivity contribution in [3.8, 4) is 61.6 Å². The maximum absolute atomic E-state index is 5.56. The molecule has 1 unspecified atom stereocenters. The third-order valence-corrected chi connectivity index (χ3v) is 14.0. The van der Waals surface area contributed by atoms with Gasteiger partial charge in [-0.25, -0.2) is 4.98 Å². The van der Waals surface area contributed by atoms with Crippen LogP contribution in [0.15, 0.2) is 231 Å². The van der Waals surface area contributed by atoms with Crippen LogP contribution >= 0.6 is 0 Å². The fourth-order valence-corrected chi connectivity index (χ4v) is 10.8. The first-order valence-electron chi connectivity index (χ1n) is 24.2. The van der Waals surface area contributed by atoms with Gasteiger partial charge in [-0.15, -0.1) is 0 Å². The minimum atomic E-state index is 0.495. The second-order valence-electron chi connectivity index (χ2n) is 18.3. The number of para-hydroxylation sites is 4. The molecule has 0 aliphatic heterocycles. The predicted octanol–water partition coefficient (Wildman–Crippen LogP) is 17.6. The van der Waals surface area contributed by atoms with Gasteiger partial charge in [0.05, 0.1) is 33.6 Å². The van der Waals surface area contributed by atoms with E-state index in [0.29, 0.717) is 5.92 Å². The molecular weight excluding hydrogens is 835 g/mol. The summed E-state index contributed by atoms with van der Waals surface area (Å²) in [6.45, 7) is 6.61. The molecule has 0 radical (unpaired) electrons. The molecule has 0 spiro atoms. The third-order valence-electron chi connectivity index (χ3n) is 14.0. The Morgan fingerprint density at radius 2 is 1.00 bits per heavy atom. The lowest BCUT2D eigenvalue weighted by Crippen LogP contribution is -2.06. The van der Waals surface area contributed by atoms with E-state index in [0.717, 1.165) is 73.6 Å². The zero-order valence-electron chi connectivity index (χ0n) is 39.1. The standard InChI is InChI=1S/C66H51N3/c1-4-53(61(5-2)68-63-32-17-13-26-55(63)56-27-14-18-33-64(56)68)49-38-47(45-21-8-6-9-22-45)40-51(42-49)59-29-20-30-60(67-59)52-41-48(46-23-10-7-11-24-46)39-50(43-52)54-25-12-16-31-62(54)69-65-34-19-15-28-57(65)58-37-44(3)35-36-66(58)69/h4-36,38-44H,37H2,1-3H3/b53-4-,61-5+. The number of fused-ring (bicyclic) bond motifs is 6. The molecule has 330 valence electrons. The number of rotatable bonds is 9. The molecule has 8 aromatic carbocycles. The number of nitrogens with zero attached hydrogens (tertiary/aromatic N) is 3. The van der Waals surface area contributed by atoms with Gasteiger partial charge in [-0.1, -0.05) is 165 Å². The van der Waals surface area contributed by atoms with Crippen LogP contribution in [-0.4, -0.2) is 14.1 Å². The first kappa shape index (κ1) is 41.9. The van der Waals surface area contributed by atoms with Crippen molar-refractivity contribution in [2.45, 2.75) is 27.2 Å². The van der Waals surface area contributed by atoms with Crippen molar-refractivity contribution in [2.24, 2.45) is 5.92 Å². The van der Waals surface area contributed by atoms with Gasteiger partial charge in [-0.3, -0.25) is 0 Å². The molecule has 12 rings (SSSR count). The lowest BCUT2D eigenvalue weighted by Gasteiger charge is -2.19. The Morgan fingerprint density at radius 3 is 1.65 bits per heavy atom. The van der Waals surface area contributed by atoms with Crippen molar-refractivity contribution in [2.75, 3.05) is 0 Å². The van der Waals surface area contributed by atoms with Crippen LogP contribution < -0.4 is 0 Å². The molecule has 1 atom stereocenters. The van der Waals surface area contributed by atoms with Gasteiger partial charge in [-0.05, 0) is 144 Å². The fraction of sp³-hybridized carbons (Fsp3) is 0.0758. The molecule has 1 aliphatic carbocycles. The lowest BCUT2D eigenvalue weighted by atomic mass is 9.92. The summed E-state index contributed by atoms with van der Waals surface area (Å²) in [5.74, 6) is 0.495. The molecule has 3 heterocycles. The highest BCUT2D eigenvalue weighted by Crippen LogP contribution is 2.42. The van der Waals surface area contributed by atoms with Gasteiger partial charge in [0.2, 0.25) is 0 Å². The topological polar surface area (TPSA) is 22.8 Å². The lowest BCUT2D eigenvalue weighted by molar-refractivity contribution is 0.718. The largest absolute Gasteiger partial charge is 0.309 e. The van der Waals surface area contributed by atoms with E-state index in [4.69, 9.17) is 4.98 Å². The number of pyridine rings is 1. The summed E-state index contributed by atoms with van der Waals surface area (Å²) in [7, 11) is 0. The number of hydrogen-bond acceptors (Lipinski definition) is 1. The molecule has 0 amide bonds. The summed E-state index contributed by atoms with van der Waals surface area (Å²) in [5, 5.41) is 3.82. The molecule has 3 nitrogen and oxygen atoms in total. The van der Waals surface area contributed by atoms with Crippen LogP contribution in [0.25, 0.3) is 112 Å². The van der Waals surface area contributed by atoms with Crippen molar-refractivity contribution in [3.05, 3.63) is 247 Å². The predicted molar refractivity (Wildman–Crippen MR) is 293 cm³/mol. The molecular formula is C66H51N3. The van der Waals surface area contributed by atoms with Crippen LogP contribution in [0.4, 0.5) is 0 Å². The molecule has 3 heteroatoms. The van der Waals surface area contributed by atoms with E-state index in [1.165, 1.54) is 55.2 Å². The zero-order valence-corrected chi connectivity index (χ0v) is 39.1. The Bertz CT molecular complexity index is 3790. The highest BCUT2D eigenvalue weighted by atomic mass is 15.0. The van der Waals surface area contributed by atoms with Crippen molar-refractivity contribution in [1.82, 2.24) is 14.1 Å². The average molecular weight is 886 g/mol. The van der Waals surface area contributed by atoms with Gasteiger partial charge in [0.25, 0.3) is 0 Å². The van der Waals surface area contributed by atoms with E-state index in [-0.39, 0.29) is 0 Å². The molecule has 69 heavy (non-hydrogen) atoms. The van der Waals surface area contributed by atoms with E-state index in [9.17, 15) is 0 Å². The van der Waals surface area contributed by atoms with E-state index in [1.807, 2.05) is 0 Å². The minimum Gasteiger partial charge on any atom is -0.309 e. The molecule has 0 saturated heterocycles. The Balaban J connectivity index is 1.01. The number of hydrogen-bond donors (Lipinski definition) is 0. The number of aromatic nitrogens is 3. The Hall–Kier alpha value is -8.53. The van der Waals surface area contributed by atoms with Crippen LogP contribution in [0.5, 0.6) is 0 Å². The van der Waals surface area contributed by atoms with Gasteiger partial charge in [0.1, 0.15) is 0 Å². The summed E-state index contributed by atoms with van der Waals surface area (Å²) in [5.41, 5.74) is 21.8. The van der Waals surface area contributed by atoms with Crippen LogP contribution in [0.1, 0.15) is 37.6 Å². The van der Waals surface area contributed by atoms with Gasteiger partial charge >= 0.3 is 0 Å². The average Bonchev–Trinajstić information content (AvgIpc) is 3.92. The van der Waals surface area contributed by atoms with Gasteiger partial charge < -0.3 is 9.13 Å². The Kier molecular flexibility index (Phi) is 10.7. The molecule has 0 N–H and O–H groups in total. The van der Waals surface area contributed by atoms with E-state index in [1.54, 1.807) is 0 Å². The maximum Gasteiger partial charge on any atom is 0.0709 e. The van der Waals surface area contributed by atoms with Crippen LogP contribution in [0, 0.1) is 5.92 Å². The second kappa shape index (κ2) is 17.6. The van der Waals surface area contributed by atoms with E-state index in [2.05, 4.69) is 267 Å². The van der Waals surface area contributed by atoms with Crippen LogP contribution in [0.3, 0.4) is 0 Å². The SMILES string of the molecule is C/C=C(\C(=C/C)n1c2ccccc2c2ccccc21)c1cc(-c2ccccc2)cc(-c2cccc(-c3cc(-c4ccccc4)cc(-c4ccccc4-n4c5c(c6ccccc64)CC(C)C=C5)c3)n2)c1. The fourth-order valence-electron chi connectivity index (χ4n) is 10.8. The summed E-state index contributed by atoms with van der Waals surface area (Å²) >= 11 is 0. The van der Waals surface area contributed by atoms with Crippen molar-refractivity contribution in [3.63, 3.8) is 0 Å². The molecule has 0 bridgehead atoms. The zero-order chi connectivity index (χ0) is 46.4. The van der Waals surface area contributed by atoms with E-state index < -0.39 is 0 Å². The van der Waals surface area contributed by atoms with Gasteiger partial charge in [-0.2, -0.15) is 0 Å². The quantitative estimate of drug-likeness (QED) is 0.132. The summed E-state index contributed by atoms with van der Waals surface area (Å²) in [6, 6.07) is 77.1. The monoisotopic (exact) mass is 885 g/mol. The number of benzene rings is 8. The number of allylic oxidation sites excluding steroid dienone is 5. The van der Waals surface area contributed by atoms with Crippen LogP contribution in [0.2, 0.25) is 0 Å². The molecule has 0 fully saturated rings. The highest BCUT2D eigenvalue weighted by Gasteiger charge is 2.23. The Labute approximate surface area is 404 Å². The first-order valence-corrected chi connectivity index (χ1v) is 24.2. The second-order valence-corrected chi connectivity index (χ2v) is 18.3. The summed E-state index contributed by atoms with van der Waals surface area (Å²) in [6.07, 6.45) is 10.2. The highest BCUT2D eigenvalue weighted by molar-refractivity contribution is 6.14. The normalized spacial score (nSPS) is 13.9. The minimum absolute atomic E-state index is 0.495. The summed E-state index contributed by atoms with van der Waals surface area (Å²) < 4.78 is 4.90. The summed E-state index contributed by atoms with van der Waals surface area (Å²) in [4.78, 5) is 5.56. The van der Waals surface area contributed by atoms with E-state index >= 15 is 0 Å². The van der Waals surface area contributed by atoms with Crippen molar-refractivity contribution < 1.29 is 0 Å². The first-order chi connectivity index (χ1) is 34.0. The van der Waals surface area contributed by atoms with Crippen molar-refractivity contribution >= 4 is 50.1 Å². The third kappa shape index (κ3) is 7.44. The molecule has 1 aliphatic rings. The maximum atomic E-state index is 5.56. The van der Waals surface area contributed by atoms with Gasteiger partial charge in [0.15, 0.2) is 0 Å².